The number of halogens is 2. The van der Waals surface area contributed by atoms with Crippen LogP contribution >= 0.6 is 0 Å². The van der Waals surface area contributed by atoms with E-state index in [2.05, 4.69) is 11.4 Å². The van der Waals surface area contributed by atoms with Gasteiger partial charge in [-0.05, 0) is 6.54 Å². The van der Waals surface area contributed by atoms with Gasteiger partial charge in [0.15, 0.2) is 6.29 Å². The van der Waals surface area contributed by atoms with E-state index in [1.807, 2.05) is 0 Å². The Kier molecular flexibility index (Phi) is 9.09. The van der Waals surface area contributed by atoms with Crippen LogP contribution in [0.25, 0.3) is 0 Å². The summed E-state index contributed by atoms with van der Waals surface area (Å²) in [6, 6.07) is 4.72. The molecule has 0 fully saturated rings. The van der Waals surface area contributed by atoms with Crippen molar-refractivity contribution in [3.8, 4) is 0 Å². The quantitative estimate of drug-likeness (QED) is 0.636. The molecule has 0 aliphatic carbocycles. The van der Waals surface area contributed by atoms with Crippen LogP contribution < -0.4 is 5.32 Å². The van der Waals surface area contributed by atoms with Crippen molar-refractivity contribution >= 4 is 0 Å². The molecule has 0 bridgehead atoms. The van der Waals surface area contributed by atoms with Crippen LogP contribution in [0.3, 0.4) is 0 Å². The molecule has 0 saturated carbocycles. The summed E-state index contributed by atoms with van der Waals surface area (Å²) < 4.78 is 35.3. The molecule has 0 aromatic heterocycles. The maximum absolute atomic E-state index is 12.8. The molecule has 6 heteroatoms. The Morgan fingerprint density at radius 1 is 1.29 bits per heavy atom. The predicted octanol–water partition coefficient (Wildman–Crippen LogP) is 1.47. The molecule has 0 saturated heterocycles. The Morgan fingerprint density at radius 2 is 1.94 bits per heavy atom. The fourth-order valence-corrected chi connectivity index (χ4v) is 1.18. The zero-order valence-electron chi connectivity index (χ0n) is 9.80. The molecule has 1 rings (SSSR count). The van der Waals surface area contributed by atoms with Gasteiger partial charge in [-0.1, -0.05) is 0 Å². The molecule has 93 valence electrons. The van der Waals surface area contributed by atoms with Crippen molar-refractivity contribution < 1.29 is 51.0 Å². The number of nitrogens with one attached hydrogen (secondary N) is 1. The van der Waals surface area contributed by atoms with E-state index >= 15 is 0 Å². The number of hydrogen-bond acceptors (Lipinski definition) is 3. The van der Waals surface area contributed by atoms with Crippen LogP contribution in [0.1, 0.15) is 5.56 Å². The minimum atomic E-state index is -0.893. The molecule has 0 amide bonds. The van der Waals surface area contributed by atoms with Gasteiger partial charge in [-0.15, -0.1) is 17.7 Å². The van der Waals surface area contributed by atoms with Gasteiger partial charge in [-0.3, -0.25) is 4.39 Å². The number of hydrogen-bond donors (Lipinski definition) is 1. The average Bonchev–Trinajstić information content (AvgIpc) is 2.29. The zero-order chi connectivity index (χ0) is 12.0. The molecule has 1 aromatic rings. The second kappa shape index (κ2) is 9.06. The van der Waals surface area contributed by atoms with Crippen molar-refractivity contribution in [2.24, 2.45) is 0 Å². The second-order valence-electron chi connectivity index (χ2n) is 3.19. The topological polar surface area (TPSA) is 30.5 Å². The standard InChI is InChI=1S/C11H14F2NO2.Y/c1-15-11(16-2)7-14-6-8-3-4-9(12)10(13)5-8;/h4-5,11,14H,6-7H2,1-2H3;/q-1;. The van der Waals surface area contributed by atoms with E-state index in [4.69, 9.17) is 9.47 Å². The van der Waals surface area contributed by atoms with Gasteiger partial charge in [0.05, 0.1) is 0 Å². The Bertz CT molecular complexity index is 335. The van der Waals surface area contributed by atoms with Gasteiger partial charge >= 0.3 is 0 Å². The summed E-state index contributed by atoms with van der Waals surface area (Å²) in [5.41, 5.74) is 0.546. The molecule has 3 nitrogen and oxygen atoms in total. The average molecular weight is 319 g/mol. The van der Waals surface area contributed by atoms with E-state index in [-0.39, 0.29) is 39.0 Å². The van der Waals surface area contributed by atoms with E-state index in [0.717, 1.165) is 12.1 Å². The van der Waals surface area contributed by atoms with Gasteiger partial charge in [-0.25, -0.2) is 4.39 Å². The largest absolute Gasteiger partial charge is 0.355 e. The van der Waals surface area contributed by atoms with Gasteiger partial charge in [-0.2, -0.15) is 6.07 Å². The first-order valence-electron chi connectivity index (χ1n) is 4.79. The molecule has 0 unspecified atom stereocenters. The first kappa shape index (κ1) is 17.1. The van der Waals surface area contributed by atoms with Gasteiger partial charge in [0.2, 0.25) is 0 Å². The maximum atomic E-state index is 12.8. The van der Waals surface area contributed by atoms with Crippen LogP contribution in [0.4, 0.5) is 8.78 Å². The number of ether oxygens (including phenoxy) is 2. The molecule has 0 spiro atoms. The smallest absolute Gasteiger partial charge is 0.169 e. The first-order chi connectivity index (χ1) is 7.67. The van der Waals surface area contributed by atoms with Crippen molar-refractivity contribution in [1.82, 2.24) is 5.32 Å². The van der Waals surface area contributed by atoms with E-state index < -0.39 is 11.6 Å². The summed E-state index contributed by atoms with van der Waals surface area (Å²) in [6.45, 7) is 0.834. The Labute approximate surface area is 125 Å². The van der Waals surface area contributed by atoms with Crippen LogP contribution in [-0.2, 0) is 48.7 Å². The minimum Gasteiger partial charge on any atom is -0.355 e. The predicted molar refractivity (Wildman–Crippen MR) is 54.7 cm³/mol. The first-order valence-corrected chi connectivity index (χ1v) is 4.79. The van der Waals surface area contributed by atoms with Gasteiger partial charge in [0.25, 0.3) is 0 Å². The number of rotatable bonds is 6. The third-order valence-electron chi connectivity index (χ3n) is 2.07. The maximum Gasteiger partial charge on any atom is 0.169 e. The summed E-state index contributed by atoms with van der Waals surface area (Å²) in [5, 5.41) is 2.98. The molecular weight excluding hydrogens is 305 g/mol. The molecule has 0 aliphatic heterocycles. The van der Waals surface area contributed by atoms with Crippen LogP contribution in [0.5, 0.6) is 0 Å². The van der Waals surface area contributed by atoms with Crippen molar-refractivity contribution in [2.45, 2.75) is 12.8 Å². The normalized spacial score (nSPS) is 10.4. The Balaban J connectivity index is 0.00000256. The fourth-order valence-electron chi connectivity index (χ4n) is 1.18. The van der Waals surface area contributed by atoms with Crippen molar-refractivity contribution in [3.05, 3.63) is 35.4 Å². The van der Waals surface area contributed by atoms with Gasteiger partial charge in [0.1, 0.15) is 0 Å². The third kappa shape index (κ3) is 5.97. The zero-order valence-corrected chi connectivity index (χ0v) is 12.6. The monoisotopic (exact) mass is 319 g/mol. The van der Waals surface area contributed by atoms with Crippen LogP contribution in [0.2, 0.25) is 0 Å². The summed E-state index contributed by atoms with van der Waals surface area (Å²) >= 11 is 0. The summed E-state index contributed by atoms with van der Waals surface area (Å²) in [5.74, 6) is -1.76. The van der Waals surface area contributed by atoms with Crippen LogP contribution in [0, 0.1) is 17.7 Å². The van der Waals surface area contributed by atoms with Gasteiger partial charge < -0.3 is 14.8 Å². The second-order valence-corrected chi connectivity index (χ2v) is 3.19. The molecule has 17 heavy (non-hydrogen) atoms. The summed E-state index contributed by atoms with van der Waals surface area (Å²) in [7, 11) is 3.05. The summed E-state index contributed by atoms with van der Waals surface area (Å²) in [4.78, 5) is 0. The van der Waals surface area contributed by atoms with Crippen molar-refractivity contribution in [1.29, 1.82) is 0 Å². The number of methoxy groups -OCH3 is 2. The molecule has 0 aliphatic rings. The SMILES string of the molecule is COC(CNCc1[c-]cc(F)c(F)c1)OC.[Y]. The van der Waals surface area contributed by atoms with Crippen molar-refractivity contribution in [2.75, 3.05) is 20.8 Å². The molecule has 0 heterocycles. The van der Waals surface area contributed by atoms with E-state index in [1.54, 1.807) is 0 Å². The van der Waals surface area contributed by atoms with E-state index in [0.29, 0.717) is 18.7 Å². The molecule has 1 radical (unpaired) electrons. The number of benzene rings is 1. The molecule has 1 aromatic carbocycles. The van der Waals surface area contributed by atoms with Gasteiger partial charge in [0, 0.05) is 65.1 Å². The van der Waals surface area contributed by atoms with E-state index in [1.165, 1.54) is 14.2 Å². The van der Waals surface area contributed by atoms with E-state index in [9.17, 15) is 8.78 Å². The minimum absolute atomic E-state index is 0. The van der Waals surface area contributed by atoms with Crippen LogP contribution in [-0.4, -0.2) is 27.1 Å². The molecular formula is C11H14F2NO2Y-. The molecule has 1 N–H and O–H groups in total. The summed E-state index contributed by atoms with van der Waals surface area (Å²) in [6.07, 6.45) is -0.356. The van der Waals surface area contributed by atoms with Crippen LogP contribution in [0.15, 0.2) is 12.1 Å². The Morgan fingerprint density at radius 3 is 2.47 bits per heavy atom. The fraction of sp³-hybridized carbons (Fsp3) is 0.455. The third-order valence-corrected chi connectivity index (χ3v) is 2.07. The van der Waals surface area contributed by atoms with Crippen molar-refractivity contribution in [3.63, 3.8) is 0 Å². The molecule has 0 atom stereocenters. The Hall–Kier alpha value is 0.0639.